The number of nitrogens with one attached hydrogen (secondary N) is 2. The van der Waals surface area contributed by atoms with Crippen LogP contribution in [-0.4, -0.2) is 44.1 Å². The lowest BCUT2D eigenvalue weighted by molar-refractivity contribution is -0.110. The minimum atomic E-state index is -3.96. The van der Waals surface area contributed by atoms with Crippen LogP contribution in [0.1, 0.15) is 22.3 Å². The van der Waals surface area contributed by atoms with Crippen LogP contribution in [0.25, 0.3) is 11.3 Å². The molecule has 40 heavy (non-hydrogen) atoms. The highest BCUT2D eigenvalue weighted by Crippen LogP contribution is 2.29. The molecule has 0 aliphatic carbocycles. The van der Waals surface area contributed by atoms with Gasteiger partial charge in [-0.05, 0) is 55.2 Å². The van der Waals surface area contributed by atoms with Gasteiger partial charge in [0.25, 0.3) is 10.0 Å². The van der Waals surface area contributed by atoms with Crippen molar-refractivity contribution in [3.63, 3.8) is 0 Å². The van der Waals surface area contributed by atoms with E-state index in [4.69, 9.17) is 9.47 Å². The summed E-state index contributed by atoms with van der Waals surface area (Å²) in [4.78, 5) is 20.2. The van der Waals surface area contributed by atoms with Gasteiger partial charge in [-0.25, -0.2) is 18.1 Å². The van der Waals surface area contributed by atoms with Gasteiger partial charge in [-0.2, -0.15) is 4.98 Å². The van der Waals surface area contributed by atoms with Crippen LogP contribution in [0.15, 0.2) is 83.8 Å². The van der Waals surface area contributed by atoms with Crippen molar-refractivity contribution in [3.05, 3.63) is 101 Å². The Labute approximate surface area is 234 Å². The second kappa shape index (κ2) is 13.2. The predicted molar refractivity (Wildman–Crippen MR) is 154 cm³/mol. The van der Waals surface area contributed by atoms with Gasteiger partial charge in [-0.15, -0.1) is 0 Å². The molecule has 1 atom stereocenters. The number of benzene rings is 3. The molecule has 0 bridgehead atoms. The van der Waals surface area contributed by atoms with Crippen LogP contribution < -0.4 is 14.8 Å². The number of carbonyl (C=O) groups excluding carboxylic acids is 1. The summed E-state index contributed by atoms with van der Waals surface area (Å²) in [5.74, 6) is 0.0206. The molecule has 2 N–H and O–H groups in total. The Morgan fingerprint density at radius 1 is 0.875 bits per heavy atom. The number of hydrogen-bond acceptors (Lipinski definition) is 7. The van der Waals surface area contributed by atoms with Crippen LogP contribution >= 0.6 is 0 Å². The summed E-state index contributed by atoms with van der Waals surface area (Å²) in [6, 6.07) is 23.3. The van der Waals surface area contributed by atoms with E-state index in [1.807, 2.05) is 75.4 Å². The molecule has 1 aromatic heterocycles. The minimum Gasteiger partial charge on any atom is -0.475 e. The topological polar surface area (TPSA) is 120 Å². The van der Waals surface area contributed by atoms with E-state index in [0.29, 0.717) is 18.7 Å². The SMILES string of the molecule is Cc1cccc(S(=O)(=O)Nc2nc(OC[C@@H](COCc3ccccc3)NC=O)cc(-c3c(C)cccc3C)n2)c1. The van der Waals surface area contributed by atoms with Crippen LogP contribution in [0, 0.1) is 20.8 Å². The molecule has 0 saturated heterocycles. The first-order valence-corrected chi connectivity index (χ1v) is 14.2. The summed E-state index contributed by atoms with van der Waals surface area (Å²) in [6.07, 6.45) is 0.587. The monoisotopic (exact) mass is 560 g/mol. The molecule has 208 valence electrons. The maximum atomic E-state index is 13.1. The number of anilines is 1. The van der Waals surface area contributed by atoms with Crippen LogP contribution in [-0.2, 0) is 26.2 Å². The standard InChI is InChI=1S/C30H32N4O5S/c1-21-9-7-14-26(15-21)40(36,37)34-30-32-27(29-22(2)10-8-11-23(29)3)16-28(33-30)39-19-25(31-20-35)18-38-17-24-12-5-4-6-13-24/h4-16,20,25H,17-19H2,1-3H3,(H,31,35)(H,32,33,34)/t25-/m1/s1. The number of amides is 1. The molecule has 4 aromatic rings. The fraction of sp³-hybridized carbons (Fsp3) is 0.233. The first-order chi connectivity index (χ1) is 19.2. The molecule has 1 heterocycles. The number of rotatable bonds is 13. The maximum absolute atomic E-state index is 13.1. The highest BCUT2D eigenvalue weighted by atomic mass is 32.2. The Morgan fingerprint density at radius 2 is 1.60 bits per heavy atom. The molecule has 4 rings (SSSR count). The van der Waals surface area contributed by atoms with Crippen molar-refractivity contribution in [3.8, 4) is 17.1 Å². The van der Waals surface area contributed by atoms with Crippen LogP contribution in [0.4, 0.5) is 5.95 Å². The normalized spacial score (nSPS) is 12.0. The van der Waals surface area contributed by atoms with E-state index in [0.717, 1.165) is 27.8 Å². The summed E-state index contributed by atoms with van der Waals surface area (Å²) >= 11 is 0. The molecule has 0 spiro atoms. The average molecular weight is 561 g/mol. The molecule has 3 aromatic carbocycles. The van der Waals surface area contributed by atoms with E-state index in [1.165, 1.54) is 6.07 Å². The average Bonchev–Trinajstić information content (AvgIpc) is 2.92. The zero-order valence-corrected chi connectivity index (χ0v) is 23.4. The molecule has 0 aliphatic heterocycles. The predicted octanol–water partition coefficient (Wildman–Crippen LogP) is 4.58. The second-order valence-corrected chi connectivity index (χ2v) is 11.1. The van der Waals surface area contributed by atoms with Gasteiger partial charge in [0.05, 0.1) is 29.8 Å². The number of aryl methyl sites for hydroxylation is 3. The fourth-order valence-corrected chi connectivity index (χ4v) is 5.22. The van der Waals surface area contributed by atoms with Gasteiger partial charge in [-0.3, -0.25) is 4.79 Å². The van der Waals surface area contributed by atoms with E-state index in [1.54, 1.807) is 18.2 Å². The first kappa shape index (κ1) is 28.7. The third-order valence-electron chi connectivity index (χ3n) is 6.13. The first-order valence-electron chi connectivity index (χ1n) is 12.7. The van der Waals surface area contributed by atoms with E-state index in [2.05, 4.69) is 20.0 Å². The van der Waals surface area contributed by atoms with Gasteiger partial charge >= 0.3 is 0 Å². The van der Waals surface area contributed by atoms with Gasteiger partial charge in [0, 0.05) is 11.6 Å². The zero-order valence-electron chi connectivity index (χ0n) is 22.6. The molecule has 0 unspecified atom stereocenters. The Hall–Kier alpha value is -4.28. The number of nitrogens with zero attached hydrogens (tertiary/aromatic N) is 2. The molecule has 0 radical (unpaired) electrons. The van der Waals surface area contributed by atoms with Crippen molar-refractivity contribution in [1.29, 1.82) is 0 Å². The van der Waals surface area contributed by atoms with Crippen molar-refractivity contribution in [2.45, 2.75) is 38.3 Å². The molecule has 0 aliphatic rings. The van der Waals surface area contributed by atoms with Gasteiger partial charge in [0.2, 0.25) is 18.2 Å². The molecular formula is C30H32N4O5S. The highest BCUT2D eigenvalue weighted by Gasteiger charge is 2.19. The lowest BCUT2D eigenvalue weighted by Gasteiger charge is -2.18. The lowest BCUT2D eigenvalue weighted by Crippen LogP contribution is -2.38. The number of ether oxygens (including phenoxy) is 2. The van der Waals surface area contributed by atoms with Gasteiger partial charge in [0.15, 0.2) is 0 Å². The maximum Gasteiger partial charge on any atom is 0.264 e. The van der Waals surface area contributed by atoms with Crippen LogP contribution in [0.3, 0.4) is 0 Å². The summed E-state index contributed by atoms with van der Waals surface area (Å²) < 4.78 is 40.5. The van der Waals surface area contributed by atoms with Crippen molar-refractivity contribution >= 4 is 22.4 Å². The van der Waals surface area contributed by atoms with Crippen LogP contribution in [0.5, 0.6) is 5.88 Å². The summed E-state index contributed by atoms with van der Waals surface area (Å²) in [5.41, 5.74) is 5.09. The Kier molecular flexibility index (Phi) is 9.47. The number of sulfonamides is 1. The van der Waals surface area contributed by atoms with E-state index >= 15 is 0 Å². The molecular weight excluding hydrogens is 528 g/mol. The van der Waals surface area contributed by atoms with Crippen LogP contribution in [0.2, 0.25) is 0 Å². The Balaban J connectivity index is 1.58. The van der Waals surface area contributed by atoms with Gasteiger partial charge in [0.1, 0.15) is 6.61 Å². The smallest absolute Gasteiger partial charge is 0.264 e. The molecule has 1 amide bonds. The molecule has 0 fully saturated rings. The van der Waals surface area contributed by atoms with E-state index < -0.39 is 16.1 Å². The van der Waals surface area contributed by atoms with Gasteiger partial charge in [-0.1, -0.05) is 60.7 Å². The van der Waals surface area contributed by atoms with E-state index in [9.17, 15) is 13.2 Å². The van der Waals surface area contributed by atoms with Crippen molar-refractivity contribution < 1.29 is 22.7 Å². The van der Waals surface area contributed by atoms with Crippen molar-refractivity contribution in [2.75, 3.05) is 17.9 Å². The number of aromatic nitrogens is 2. The van der Waals surface area contributed by atoms with Crippen molar-refractivity contribution in [1.82, 2.24) is 15.3 Å². The van der Waals surface area contributed by atoms with Gasteiger partial charge < -0.3 is 14.8 Å². The minimum absolute atomic E-state index is 0.0425. The number of carbonyl (C=O) groups is 1. The zero-order chi connectivity index (χ0) is 28.5. The highest BCUT2D eigenvalue weighted by molar-refractivity contribution is 7.92. The Bertz CT molecular complexity index is 1540. The third kappa shape index (κ3) is 7.64. The van der Waals surface area contributed by atoms with E-state index in [-0.39, 0.29) is 29.9 Å². The second-order valence-electron chi connectivity index (χ2n) is 9.40. The fourth-order valence-electron chi connectivity index (χ4n) is 4.17. The third-order valence-corrected chi connectivity index (χ3v) is 7.46. The Morgan fingerprint density at radius 3 is 2.30 bits per heavy atom. The molecule has 0 saturated carbocycles. The number of hydrogen-bond donors (Lipinski definition) is 2. The quantitative estimate of drug-likeness (QED) is 0.230. The summed E-state index contributed by atoms with van der Waals surface area (Å²) in [6.45, 7) is 6.35. The van der Waals surface area contributed by atoms with Crippen molar-refractivity contribution in [2.24, 2.45) is 0 Å². The molecule has 10 heteroatoms. The largest absolute Gasteiger partial charge is 0.475 e. The summed E-state index contributed by atoms with van der Waals surface area (Å²) in [5, 5.41) is 2.70. The molecule has 9 nitrogen and oxygen atoms in total. The summed E-state index contributed by atoms with van der Waals surface area (Å²) in [7, 11) is -3.96. The lowest BCUT2D eigenvalue weighted by atomic mass is 10.00.